The SMILES string of the molecule is CC1(C)O[C@@H]2[C@H](O1)[C@@H](C(=O)c1ccc(Cl)c(Cl)c1)O[C@H]2n1cc(F)c2c(Cl)ncnc21. The summed E-state index contributed by atoms with van der Waals surface area (Å²) >= 11 is 18.1. The van der Waals surface area contributed by atoms with E-state index in [9.17, 15) is 9.18 Å². The quantitative estimate of drug-likeness (QED) is 0.390. The molecule has 7 nitrogen and oxygen atoms in total. The van der Waals surface area contributed by atoms with E-state index in [0.717, 1.165) is 0 Å². The van der Waals surface area contributed by atoms with E-state index in [1.54, 1.807) is 19.9 Å². The van der Waals surface area contributed by atoms with Crippen LogP contribution < -0.4 is 0 Å². The molecule has 5 rings (SSSR count). The number of rotatable bonds is 3. The number of aromatic nitrogens is 3. The molecule has 2 fully saturated rings. The number of carbonyl (C=O) groups excluding carboxylic acids is 1. The molecule has 2 saturated heterocycles. The lowest BCUT2D eigenvalue weighted by molar-refractivity contribution is -0.190. The van der Waals surface area contributed by atoms with Gasteiger partial charge in [0.25, 0.3) is 0 Å². The summed E-state index contributed by atoms with van der Waals surface area (Å²) in [4.78, 5) is 21.2. The first kappa shape index (κ1) is 21.1. The zero-order chi connectivity index (χ0) is 22.1. The second kappa shape index (κ2) is 7.37. The maximum Gasteiger partial charge on any atom is 0.194 e. The van der Waals surface area contributed by atoms with Crippen LogP contribution >= 0.6 is 34.8 Å². The molecule has 3 aromatic rings. The molecule has 2 aromatic heterocycles. The molecule has 2 aliphatic heterocycles. The fourth-order valence-electron chi connectivity index (χ4n) is 4.02. The lowest BCUT2D eigenvalue weighted by atomic mass is 10.0. The van der Waals surface area contributed by atoms with Crippen molar-refractivity contribution < 1.29 is 23.4 Å². The van der Waals surface area contributed by atoms with Gasteiger partial charge < -0.3 is 18.8 Å². The van der Waals surface area contributed by atoms with Crippen molar-refractivity contribution >= 4 is 51.6 Å². The number of ketones is 1. The number of nitrogens with zero attached hydrogens (tertiary/aromatic N) is 3. The second-order valence-electron chi connectivity index (χ2n) is 7.75. The van der Waals surface area contributed by atoms with Crippen LogP contribution in [0.4, 0.5) is 4.39 Å². The van der Waals surface area contributed by atoms with Crippen LogP contribution in [0.5, 0.6) is 0 Å². The minimum absolute atomic E-state index is 0.0249. The van der Waals surface area contributed by atoms with Gasteiger partial charge in [-0.15, -0.1) is 0 Å². The molecule has 0 aliphatic carbocycles. The largest absolute Gasteiger partial charge is 0.341 e. The third-order valence-electron chi connectivity index (χ3n) is 5.28. The summed E-state index contributed by atoms with van der Waals surface area (Å²) in [6, 6.07) is 4.56. The molecule has 0 bridgehead atoms. The van der Waals surface area contributed by atoms with Gasteiger partial charge in [0.2, 0.25) is 0 Å². The predicted molar refractivity (Wildman–Crippen MR) is 111 cm³/mol. The molecule has 0 unspecified atom stereocenters. The maximum atomic E-state index is 14.6. The van der Waals surface area contributed by atoms with E-state index in [4.69, 9.17) is 49.0 Å². The van der Waals surface area contributed by atoms with Gasteiger partial charge in [-0.2, -0.15) is 0 Å². The molecule has 31 heavy (non-hydrogen) atoms. The summed E-state index contributed by atoms with van der Waals surface area (Å²) in [6.45, 7) is 3.47. The Bertz CT molecular complexity index is 1220. The smallest absolute Gasteiger partial charge is 0.194 e. The first-order chi connectivity index (χ1) is 14.7. The summed E-state index contributed by atoms with van der Waals surface area (Å²) in [7, 11) is 0. The third kappa shape index (κ3) is 3.42. The van der Waals surface area contributed by atoms with E-state index < -0.39 is 36.1 Å². The number of ether oxygens (including phenoxy) is 3. The van der Waals surface area contributed by atoms with Gasteiger partial charge in [0, 0.05) is 11.8 Å². The molecule has 1 aromatic carbocycles. The number of hydrogen-bond acceptors (Lipinski definition) is 6. The van der Waals surface area contributed by atoms with Crippen LogP contribution in [0.1, 0.15) is 30.4 Å². The maximum absolute atomic E-state index is 14.6. The van der Waals surface area contributed by atoms with E-state index in [0.29, 0.717) is 10.6 Å². The topological polar surface area (TPSA) is 75.5 Å². The molecule has 0 spiro atoms. The molecule has 4 atom stereocenters. The minimum Gasteiger partial charge on any atom is -0.341 e. The van der Waals surface area contributed by atoms with Gasteiger partial charge in [-0.25, -0.2) is 14.4 Å². The molecule has 0 saturated carbocycles. The minimum atomic E-state index is -1.02. The molecule has 0 radical (unpaired) electrons. The Labute approximate surface area is 191 Å². The number of Topliss-reactive ketones (excluding diaryl/α,β-unsaturated/α-hetero) is 1. The zero-order valence-corrected chi connectivity index (χ0v) is 18.5. The van der Waals surface area contributed by atoms with Gasteiger partial charge in [0.1, 0.15) is 29.3 Å². The molecule has 4 heterocycles. The Hall–Kier alpha value is -1.81. The van der Waals surface area contributed by atoms with Gasteiger partial charge in [-0.1, -0.05) is 34.8 Å². The van der Waals surface area contributed by atoms with Crippen LogP contribution in [0.25, 0.3) is 11.0 Å². The monoisotopic (exact) mass is 485 g/mol. The standard InChI is InChI=1S/C20H15Cl3FN3O4/c1-20(2)30-15-14(13(28)8-3-4-9(21)10(22)5-8)29-19(16(15)31-20)27-6-11(24)12-17(23)25-7-26-18(12)27/h3-7,14-16,19H,1-2H3/t14-,15-,16-,19-/m1/s1. The van der Waals surface area contributed by atoms with Crippen LogP contribution in [0.3, 0.4) is 0 Å². The van der Waals surface area contributed by atoms with Gasteiger partial charge in [-0.05, 0) is 32.0 Å². The summed E-state index contributed by atoms with van der Waals surface area (Å²) in [5.74, 6) is -1.94. The number of halogens is 4. The van der Waals surface area contributed by atoms with Crippen LogP contribution in [0.2, 0.25) is 15.2 Å². The lowest BCUT2D eigenvalue weighted by Gasteiger charge is -2.24. The van der Waals surface area contributed by atoms with Crippen molar-refractivity contribution in [2.45, 2.75) is 44.2 Å². The van der Waals surface area contributed by atoms with Gasteiger partial charge in [0.05, 0.1) is 15.4 Å². The van der Waals surface area contributed by atoms with Crippen molar-refractivity contribution in [2.75, 3.05) is 0 Å². The fraction of sp³-hybridized carbons (Fsp3) is 0.350. The zero-order valence-electron chi connectivity index (χ0n) is 16.2. The van der Waals surface area contributed by atoms with E-state index in [-0.39, 0.29) is 27.0 Å². The fourth-order valence-corrected chi connectivity index (χ4v) is 4.54. The highest BCUT2D eigenvalue weighted by molar-refractivity contribution is 6.42. The van der Waals surface area contributed by atoms with Crippen molar-refractivity contribution in [1.82, 2.24) is 14.5 Å². The first-order valence-corrected chi connectivity index (χ1v) is 10.5. The first-order valence-electron chi connectivity index (χ1n) is 9.33. The average molecular weight is 487 g/mol. The Morgan fingerprint density at radius 3 is 2.61 bits per heavy atom. The Balaban J connectivity index is 1.57. The van der Waals surface area contributed by atoms with Crippen LogP contribution in [0.15, 0.2) is 30.7 Å². The Morgan fingerprint density at radius 1 is 1.13 bits per heavy atom. The van der Waals surface area contributed by atoms with E-state index in [1.165, 1.54) is 29.2 Å². The van der Waals surface area contributed by atoms with Crippen molar-refractivity contribution in [1.29, 1.82) is 0 Å². The normalized spacial score (nSPS) is 27.0. The number of carbonyl (C=O) groups is 1. The highest BCUT2D eigenvalue weighted by Crippen LogP contribution is 2.45. The number of benzene rings is 1. The number of fused-ring (bicyclic) bond motifs is 2. The number of hydrogen-bond donors (Lipinski definition) is 0. The van der Waals surface area contributed by atoms with Gasteiger partial charge in [0.15, 0.2) is 29.7 Å². The van der Waals surface area contributed by atoms with Gasteiger partial charge >= 0.3 is 0 Å². The molecule has 2 aliphatic rings. The summed E-state index contributed by atoms with van der Waals surface area (Å²) in [5, 5.41) is 0.603. The summed E-state index contributed by atoms with van der Waals surface area (Å²) < 4.78 is 34.1. The Kier molecular flexibility index (Phi) is 5.00. The summed E-state index contributed by atoms with van der Waals surface area (Å²) in [6.07, 6.45) is -0.918. The molecular weight excluding hydrogens is 472 g/mol. The highest BCUT2D eigenvalue weighted by atomic mass is 35.5. The van der Waals surface area contributed by atoms with E-state index in [1.807, 2.05) is 0 Å². The van der Waals surface area contributed by atoms with Crippen LogP contribution in [0, 0.1) is 5.82 Å². The van der Waals surface area contributed by atoms with Gasteiger partial charge in [-0.3, -0.25) is 4.79 Å². The highest BCUT2D eigenvalue weighted by Gasteiger charge is 2.58. The average Bonchev–Trinajstić information content (AvgIpc) is 3.32. The van der Waals surface area contributed by atoms with E-state index in [2.05, 4.69) is 9.97 Å². The van der Waals surface area contributed by atoms with E-state index >= 15 is 0 Å². The molecule has 162 valence electrons. The predicted octanol–water partition coefficient (Wildman–Crippen LogP) is 4.83. The van der Waals surface area contributed by atoms with Crippen molar-refractivity contribution in [3.05, 3.63) is 57.3 Å². The molecule has 0 amide bonds. The van der Waals surface area contributed by atoms with Crippen LogP contribution in [-0.4, -0.2) is 44.4 Å². The molecular formula is C20H15Cl3FN3O4. The third-order valence-corrected chi connectivity index (χ3v) is 6.31. The molecule has 11 heteroatoms. The Morgan fingerprint density at radius 2 is 1.87 bits per heavy atom. The van der Waals surface area contributed by atoms with Crippen molar-refractivity contribution in [3.8, 4) is 0 Å². The second-order valence-corrected chi connectivity index (χ2v) is 8.92. The van der Waals surface area contributed by atoms with Crippen molar-refractivity contribution in [2.24, 2.45) is 0 Å². The molecule has 0 N–H and O–H groups in total. The van der Waals surface area contributed by atoms with Crippen LogP contribution in [-0.2, 0) is 14.2 Å². The summed E-state index contributed by atoms with van der Waals surface area (Å²) in [5.41, 5.74) is 0.526. The van der Waals surface area contributed by atoms with Crippen molar-refractivity contribution in [3.63, 3.8) is 0 Å². The lowest BCUT2D eigenvalue weighted by Crippen LogP contribution is -2.35.